The maximum atomic E-state index is 12.5. The van der Waals surface area contributed by atoms with Crippen molar-refractivity contribution in [2.75, 3.05) is 27.2 Å². The van der Waals surface area contributed by atoms with E-state index in [0.717, 1.165) is 38.0 Å². The Kier molecular flexibility index (Phi) is 7.97. The molecule has 7 heteroatoms. The third-order valence-electron chi connectivity index (χ3n) is 4.12. The average molecular weight is 362 g/mol. The number of rotatable bonds is 6. The van der Waals surface area contributed by atoms with Crippen molar-refractivity contribution in [3.05, 3.63) is 29.8 Å². The number of sulfonamides is 1. The quantitative estimate of drug-likeness (QED) is 0.811. The highest BCUT2D eigenvalue weighted by Crippen LogP contribution is 2.17. The molecule has 0 bridgehead atoms. The summed E-state index contributed by atoms with van der Waals surface area (Å²) in [7, 11) is 0.539. The zero-order valence-corrected chi connectivity index (χ0v) is 15.7. The fourth-order valence-electron chi connectivity index (χ4n) is 2.85. The summed E-state index contributed by atoms with van der Waals surface area (Å²) in [4.78, 5) is 2.39. The van der Waals surface area contributed by atoms with Crippen LogP contribution in [0.5, 0.6) is 0 Å². The second kappa shape index (κ2) is 8.99. The highest BCUT2D eigenvalue weighted by Gasteiger charge is 2.25. The van der Waals surface area contributed by atoms with Crippen molar-refractivity contribution in [3.8, 4) is 0 Å². The van der Waals surface area contributed by atoms with Crippen molar-refractivity contribution >= 4 is 22.4 Å². The number of hydrogen-bond donors (Lipinski definition) is 2. The van der Waals surface area contributed by atoms with Gasteiger partial charge in [-0.2, -0.15) is 0 Å². The molecule has 5 nitrogen and oxygen atoms in total. The Balaban J connectivity index is 0.00000264. The summed E-state index contributed by atoms with van der Waals surface area (Å²) in [5.41, 5.74) is 1.11. The molecule has 1 aliphatic heterocycles. The zero-order chi connectivity index (χ0) is 16.2. The molecule has 2 atom stereocenters. The molecule has 1 fully saturated rings. The molecule has 0 spiro atoms. The third-order valence-corrected chi connectivity index (χ3v) is 5.69. The van der Waals surface area contributed by atoms with E-state index in [1.807, 2.05) is 33.2 Å². The molecule has 0 radical (unpaired) electrons. The number of benzene rings is 1. The number of hydrogen-bond acceptors (Lipinski definition) is 4. The van der Waals surface area contributed by atoms with E-state index in [1.165, 1.54) is 0 Å². The summed E-state index contributed by atoms with van der Waals surface area (Å²) in [6.45, 7) is 4.67. The Labute approximate surface area is 146 Å². The third kappa shape index (κ3) is 6.04. The molecule has 0 aromatic heterocycles. The van der Waals surface area contributed by atoms with Crippen LogP contribution in [0.4, 0.5) is 0 Å². The summed E-state index contributed by atoms with van der Waals surface area (Å²) in [6.07, 6.45) is 2.18. The Bertz CT molecular complexity index is 569. The van der Waals surface area contributed by atoms with E-state index >= 15 is 0 Å². The largest absolute Gasteiger partial charge is 0.316 e. The van der Waals surface area contributed by atoms with Gasteiger partial charge in [0.25, 0.3) is 0 Å². The van der Waals surface area contributed by atoms with Crippen LogP contribution in [-0.4, -0.2) is 46.5 Å². The van der Waals surface area contributed by atoms with Gasteiger partial charge in [0.2, 0.25) is 10.0 Å². The van der Waals surface area contributed by atoms with Crippen LogP contribution in [0.2, 0.25) is 0 Å². The van der Waals surface area contributed by atoms with Gasteiger partial charge < -0.3 is 10.2 Å². The summed E-state index contributed by atoms with van der Waals surface area (Å²) in [5, 5.41) is 3.33. The van der Waals surface area contributed by atoms with E-state index < -0.39 is 10.0 Å². The molecule has 1 aromatic carbocycles. The standard InChI is InChI=1S/C16H27N3O2S.ClH/c1-13(15-5-4-10-17-11-15)18-22(20,21)16-8-6-14(7-9-16)12-19(2)3;/h6-9,13,15,17-18H,4-5,10-12H2,1-3H3;1H. The molecule has 2 rings (SSSR count). The fourth-order valence-corrected chi connectivity index (χ4v) is 4.17. The molecule has 23 heavy (non-hydrogen) atoms. The second-order valence-corrected chi connectivity index (χ2v) is 8.11. The maximum Gasteiger partial charge on any atom is 0.240 e. The van der Waals surface area contributed by atoms with E-state index in [4.69, 9.17) is 0 Å². The van der Waals surface area contributed by atoms with Crippen LogP contribution in [0.15, 0.2) is 29.2 Å². The predicted molar refractivity (Wildman–Crippen MR) is 96.5 cm³/mol. The van der Waals surface area contributed by atoms with Crippen molar-refractivity contribution in [2.45, 2.75) is 37.2 Å². The molecule has 132 valence electrons. The molecule has 2 unspecified atom stereocenters. The molecule has 1 saturated heterocycles. The van der Waals surface area contributed by atoms with E-state index in [9.17, 15) is 8.42 Å². The normalized spacial score (nSPS) is 20.1. The Morgan fingerprint density at radius 2 is 1.96 bits per heavy atom. The lowest BCUT2D eigenvalue weighted by Gasteiger charge is -2.28. The highest BCUT2D eigenvalue weighted by atomic mass is 35.5. The highest BCUT2D eigenvalue weighted by molar-refractivity contribution is 7.89. The molecular formula is C16H28ClN3O2S. The summed E-state index contributed by atoms with van der Waals surface area (Å²) >= 11 is 0. The number of nitrogens with zero attached hydrogens (tertiary/aromatic N) is 1. The Morgan fingerprint density at radius 1 is 1.30 bits per heavy atom. The molecule has 0 saturated carbocycles. The molecule has 1 aliphatic rings. The lowest BCUT2D eigenvalue weighted by Crippen LogP contribution is -2.44. The lowest BCUT2D eigenvalue weighted by atomic mass is 9.94. The SMILES string of the molecule is CC(NS(=O)(=O)c1ccc(CN(C)C)cc1)C1CCCNC1.Cl. The minimum Gasteiger partial charge on any atom is -0.316 e. The van der Waals surface area contributed by atoms with Gasteiger partial charge in [-0.25, -0.2) is 13.1 Å². The van der Waals surface area contributed by atoms with Gasteiger partial charge >= 0.3 is 0 Å². The summed E-state index contributed by atoms with van der Waals surface area (Å²) < 4.78 is 27.8. The molecule has 1 aromatic rings. The van der Waals surface area contributed by atoms with Crippen LogP contribution in [-0.2, 0) is 16.6 Å². The lowest BCUT2D eigenvalue weighted by molar-refractivity contribution is 0.320. The summed E-state index contributed by atoms with van der Waals surface area (Å²) in [5.74, 6) is 0.358. The first-order valence-electron chi connectivity index (χ1n) is 7.85. The maximum absolute atomic E-state index is 12.5. The van der Waals surface area contributed by atoms with Crippen molar-refractivity contribution < 1.29 is 8.42 Å². The molecular weight excluding hydrogens is 334 g/mol. The van der Waals surface area contributed by atoms with Crippen LogP contribution in [0.25, 0.3) is 0 Å². The predicted octanol–water partition coefficient (Wildman–Crippen LogP) is 1.84. The van der Waals surface area contributed by atoms with Gasteiger partial charge in [-0.3, -0.25) is 0 Å². The van der Waals surface area contributed by atoms with E-state index in [1.54, 1.807) is 12.1 Å². The molecule has 2 N–H and O–H groups in total. The van der Waals surface area contributed by atoms with Crippen molar-refractivity contribution in [2.24, 2.45) is 5.92 Å². The molecule has 1 heterocycles. The first-order chi connectivity index (χ1) is 10.4. The number of piperidine rings is 1. The molecule has 0 amide bonds. The van der Waals surface area contributed by atoms with Gasteiger partial charge in [-0.15, -0.1) is 12.4 Å². The number of nitrogens with one attached hydrogen (secondary N) is 2. The van der Waals surface area contributed by atoms with Crippen molar-refractivity contribution in [3.63, 3.8) is 0 Å². The first kappa shape index (κ1) is 20.4. The van der Waals surface area contributed by atoms with Gasteiger partial charge in [0, 0.05) is 12.6 Å². The fraction of sp³-hybridized carbons (Fsp3) is 0.625. The van der Waals surface area contributed by atoms with Gasteiger partial charge in [0.1, 0.15) is 0 Å². The van der Waals surface area contributed by atoms with Crippen LogP contribution in [0, 0.1) is 5.92 Å². The Morgan fingerprint density at radius 3 is 2.48 bits per heavy atom. The van der Waals surface area contributed by atoms with Gasteiger partial charge in [0.05, 0.1) is 4.90 Å². The monoisotopic (exact) mass is 361 g/mol. The van der Waals surface area contributed by atoms with Crippen LogP contribution in [0.1, 0.15) is 25.3 Å². The van der Waals surface area contributed by atoms with E-state index in [2.05, 4.69) is 14.9 Å². The minimum atomic E-state index is -3.45. The van der Waals surface area contributed by atoms with Crippen LogP contribution < -0.4 is 10.0 Å². The van der Waals surface area contributed by atoms with Gasteiger partial charge in [-0.1, -0.05) is 12.1 Å². The van der Waals surface area contributed by atoms with Gasteiger partial charge in [-0.05, 0) is 70.6 Å². The average Bonchev–Trinajstić information content (AvgIpc) is 2.47. The van der Waals surface area contributed by atoms with Crippen molar-refractivity contribution in [1.82, 2.24) is 14.9 Å². The topological polar surface area (TPSA) is 61.4 Å². The minimum absolute atomic E-state index is 0. The van der Waals surface area contributed by atoms with Crippen LogP contribution >= 0.6 is 12.4 Å². The smallest absolute Gasteiger partial charge is 0.240 e. The Hall–Kier alpha value is -0.660. The number of halogens is 1. The van der Waals surface area contributed by atoms with E-state index in [0.29, 0.717) is 10.8 Å². The van der Waals surface area contributed by atoms with Crippen molar-refractivity contribution in [1.29, 1.82) is 0 Å². The first-order valence-corrected chi connectivity index (χ1v) is 9.33. The van der Waals surface area contributed by atoms with Crippen LogP contribution in [0.3, 0.4) is 0 Å². The second-order valence-electron chi connectivity index (χ2n) is 6.40. The summed E-state index contributed by atoms with van der Waals surface area (Å²) in [6, 6.07) is 7.07. The van der Waals surface area contributed by atoms with E-state index in [-0.39, 0.29) is 18.4 Å². The van der Waals surface area contributed by atoms with Gasteiger partial charge in [0.15, 0.2) is 0 Å². The zero-order valence-electron chi connectivity index (χ0n) is 14.1. The molecule has 0 aliphatic carbocycles.